The zero-order valence-electron chi connectivity index (χ0n) is 9.30. The highest BCUT2D eigenvalue weighted by molar-refractivity contribution is 5.85. The molecular weight excluding hydrogens is 196 g/mol. The van der Waals surface area contributed by atoms with Gasteiger partial charge in [0.15, 0.2) is 0 Å². The normalized spacial score (nSPS) is 21.8. The molecule has 2 unspecified atom stereocenters. The third kappa shape index (κ3) is 2.13. The Hall–Kier alpha value is -1.63. The lowest BCUT2D eigenvalue weighted by Crippen LogP contribution is -2.21. The van der Waals surface area contributed by atoms with E-state index >= 15 is 0 Å². The summed E-state index contributed by atoms with van der Waals surface area (Å²) in [6.07, 6.45) is 7.57. The quantitative estimate of drug-likeness (QED) is 0.701. The van der Waals surface area contributed by atoms with Gasteiger partial charge in [-0.05, 0) is 12.0 Å². The van der Waals surface area contributed by atoms with Crippen LogP contribution in [0.5, 0.6) is 0 Å². The highest BCUT2D eigenvalue weighted by atomic mass is 16.1. The van der Waals surface area contributed by atoms with Crippen LogP contribution in [0.25, 0.3) is 0 Å². The van der Waals surface area contributed by atoms with E-state index in [0.29, 0.717) is 12.2 Å². The van der Waals surface area contributed by atoms with Crippen molar-refractivity contribution in [3.05, 3.63) is 60.7 Å². The summed E-state index contributed by atoms with van der Waals surface area (Å²) in [6.45, 7) is 3.86. The first-order valence-corrected chi connectivity index (χ1v) is 5.70. The lowest BCUT2D eigenvalue weighted by Gasteiger charge is -2.23. The van der Waals surface area contributed by atoms with Crippen LogP contribution in [0.3, 0.4) is 0 Å². The molecule has 0 spiro atoms. The van der Waals surface area contributed by atoms with E-state index in [1.165, 1.54) is 5.56 Å². The molecule has 0 radical (unpaired) electrons. The van der Waals surface area contributed by atoms with Gasteiger partial charge in [-0.25, -0.2) is 0 Å². The fourth-order valence-electron chi connectivity index (χ4n) is 2.23. The van der Waals surface area contributed by atoms with Gasteiger partial charge in [0, 0.05) is 18.3 Å². The van der Waals surface area contributed by atoms with Crippen LogP contribution in [-0.2, 0) is 4.79 Å². The summed E-state index contributed by atoms with van der Waals surface area (Å²) >= 11 is 0. The zero-order chi connectivity index (χ0) is 11.4. The first-order chi connectivity index (χ1) is 7.83. The maximum absolute atomic E-state index is 11.9. The van der Waals surface area contributed by atoms with Crippen molar-refractivity contribution in [1.29, 1.82) is 0 Å². The molecule has 82 valence electrons. The molecule has 0 saturated heterocycles. The first kappa shape index (κ1) is 10.9. The Balaban J connectivity index is 2.29. The first-order valence-electron chi connectivity index (χ1n) is 5.70. The maximum atomic E-state index is 11.9. The number of benzene rings is 1. The number of hydrogen-bond donors (Lipinski definition) is 0. The molecule has 0 N–H and O–H groups in total. The van der Waals surface area contributed by atoms with Gasteiger partial charge >= 0.3 is 0 Å². The minimum Gasteiger partial charge on any atom is -0.299 e. The number of ketones is 1. The number of allylic oxidation sites excluding steroid dienone is 3. The summed E-state index contributed by atoms with van der Waals surface area (Å²) in [4.78, 5) is 11.9. The van der Waals surface area contributed by atoms with Crippen LogP contribution in [0, 0.1) is 5.92 Å². The summed E-state index contributed by atoms with van der Waals surface area (Å²) < 4.78 is 0. The minimum atomic E-state index is -0.0198. The van der Waals surface area contributed by atoms with Gasteiger partial charge in [-0.1, -0.05) is 48.6 Å². The van der Waals surface area contributed by atoms with Crippen molar-refractivity contribution in [2.45, 2.75) is 18.8 Å². The molecule has 1 nitrogen and oxygen atoms in total. The molecule has 0 heterocycles. The Labute approximate surface area is 96.5 Å². The predicted molar refractivity (Wildman–Crippen MR) is 66.3 cm³/mol. The Kier molecular flexibility index (Phi) is 3.35. The van der Waals surface area contributed by atoms with E-state index in [1.54, 1.807) is 0 Å². The topological polar surface area (TPSA) is 17.1 Å². The molecule has 0 amide bonds. The molecule has 2 atom stereocenters. The lowest BCUT2D eigenvalue weighted by atomic mass is 9.79. The third-order valence-electron chi connectivity index (χ3n) is 3.10. The van der Waals surface area contributed by atoms with Gasteiger partial charge in [0.1, 0.15) is 5.78 Å². The molecular formula is C15H16O. The van der Waals surface area contributed by atoms with Crippen LogP contribution < -0.4 is 0 Å². The average molecular weight is 212 g/mol. The molecule has 0 fully saturated rings. The molecule has 1 aromatic carbocycles. The second-order valence-electron chi connectivity index (χ2n) is 4.13. The molecule has 16 heavy (non-hydrogen) atoms. The van der Waals surface area contributed by atoms with Gasteiger partial charge in [0.2, 0.25) is 0 Å². The van der Waals surface area contributed by atoms with Crippen LogP contribution >= 0.6 is 0 Å². The maximum Gasteiger partial charge on any atom is 0.140 e. The van der Waals surface area contributed by atoms with Crippen molar-refractivity contribution in [3.63, 3.8) is 0 Å². The van der Waals surface area contributed by atoms with E-state index in [9.17, 15) is 4.79 Å². The average Bonchev–Trinajstić information content (AvgIpc) is 2.34. The second-order valence-corrected chi connectivity index (χ2v) is 4.13. The number of Topliss-reactive ketones (excluding diaryl/α,β-unsaturated/α-hetero) is 1. The number of hydrogen-bond acceptors (Lipinski definition) is 1. The summed E-state index contributed by atoms with van der Waals surface area (Å²) in [7, 11) is 0. The smallest absolute Gasteiger partial charge is 0.140 e. The fraction of sp³-hybridized carbons (Fsp3) is 0.267. The summed E-state index contributed by atoms with van der Waals surface area (Å²) in [6, 6.07) is 10.1. The van der Waals surface area contributed by atoms with E-state index in [2.05, 4.69) is 24.8 Å². The van der Waals surface area contributed by atoms with E-state index < -0.39 is 0 Å². The summed E-state index contributed by atoms with van der Waals surface area (Å²) in [5, 5.41) is 0. The Morgan fingerprint density at radius 2 is 2.06 bits per heavy atom. The molecule has 0 bridgehead atoms. The van der Waals surface area contributed by atoms with Crippen LogP contribution in [0.4, 0.5) is 0 Å². The second kappa shape index (κ2) is 4.93. The lowest BCUT2D eigenvalue weighted by molar-refractivity contribution is -0.122. The van der Waals surface area contributed by atoms with Gasteiger partial charge < -0.3 is 0 Å². The van der Waals surface area contributed by atoms with Gasteiger partial charge in [-0.3, -0.25) is 4.79 Å². The van der Waals surface area contributed by atoms with Crippen LogP contribution in [-0.4, -0.2) is 5.78 Å². The van der Waals surface area contributed by atoms with Crippen molar-refractivity contribution in [3.8, 4) is 0 Å². The molecule has 1 heteroatoms. The zero-order valence-corrected chi connectivity index (χ0v) is 9.30. The Morgan fingerprint density at radius 3 is 2.69 bits per heavy atom. The highest BCUT2D eigenvalue weighted by Gasteiger charge is 2.26. The van der Waals surface area contributed by atoms with E-state index in [0.717, 1.165) is 6.42 Å². The van der Waals surface area contributed by atoms with Gasteiger partial charge in [-0.15, -0.1) is 6.58 Å². The summed E-state index contributed by atoms with van der Waals surface area (Å²) in [5.74, 6) is 0.426. The predicted octanol–water partition coefficient (Wildman–Crippen LogP) is 3.49. The highest BCUT2D eigenvalue weighted by Crippen LogP contribution is 2.30. The number of carbonyl (C=O) groups is 1. The summed E-state index contributed by atoms with van der Waals surface area (Å²) in [5.41, 5.74) is 1.17. The third-order valence-corrected chi connectivity index (χ3v) is 3.10. The van der Waals surface area contributed by atoms with Crippen LogP contribution in [0.2, 0.25) is 0 Å². The minimum absolute atomic E-state index is 0.0198. The van der Waals surface area contributed by atoms with Crippen molar-refractivity contribution < 1.29 is 4.79 Å². The monoisotopic (exact) mass is 212 g/mol. The molecule has 1 aromatic rings. The number of rotatable bonds is 3. The van der Waals surface area contributed by atoms with Crippen LogP contribution in [0.1, 0.15) is 24.3 Å². The molecule has 1 aliphatic rings. The van der Waals surface area contributed by atoms with Crippen molar-refractivity contribution >= 4 is 5.78 Å². The Morgan fingerprint density at radius 1 is 1.31 bits per heavy atom. The van der Waals surface area contributed by atoms with Gasteiger partial charge in [0.05, 0.1) is 0 Å². The molecule has 0 aromatic heterocycles. The standard InChI is InChI=1S/C15H16O/c1-2-13(12-8-4-3-5-9-12)14-10-6-7-11-15(14)16/h2-6,8-10,13-14H,1,7,11H2. The fourth-order valence-corrected chi connectivity index (χ4v) is 2.23. The molecule has 2 rings (SSSR count). The SMILES string of the molecule is C=CC(c1ccccc1)C1C=CCCC1=O. The Bertz CT molecular complexity index is 403. The van der Waals surface area contributed by atoms with Crippen molar-refractivity contribution in [2.75, 3.05) is 0 Å². The van der Waals surface area contributed by atoms with Gasteiger partial charge in [-0.2, -0.15) is 0 Å². The van der Waals surface area contributed by atoms with Crippen LogP contribution in [0.15, 0.2) is 55.1 Å². The van der Waals surface area contributed by atoms with Gasteiger partial charge in [0.25, 0.3) is 0 Å². The largest absolute Gasteiger partial charge is 0.299 e. The van der Waals surface area contributed by atoms with Crippen molar-refractivity contribution in [1.82, 2.24) is 0 Å². The van der Waals surface area contributed by atoms with E-state index in [4.69, 9.17) is 0 Å². The van der Waals surface area contributed by atoms with E-state index in [-0.39, 0.29) is 11.8 Å². The van der Waals surface area contributed by atoms with Crippen molar-refractivity contribution in [2.24, 2.45) is 5.92 Å². The molecule has 1 aliphatic carbocycles. The molecule has 0 aliphatic heterocycles. The number of carbonyl (C=O) groups excluding carboxylic acids is 1. The van der Waals surface area contributed by atoms with E-state index in [1.807, 2.05) is 30.4 Å². The molecule has 0 saturated carbocycles.